The zero-order valence-corrected chi connectivity index (χ0v) is 10.7. The maximum Gasteiger partial charge on any atom is 0.197 e. The van der Waals surface area contributed by atoms with Gasteiger partial charge >= 0.3 is 0 Å². The standard InChI is InChI=1S/C14H12O4S/c15-13(11-7-3-1-4-8-11)14(18-19(16)17)12-9-5-2-6-10-12/h1-10,14H,(H,16,17)/p-1. The molecule has 0 amide bonds. The van der Waals surface area contributed by atoms with Gasteiger partial charge in [-0.05, 0) is 5.56 Å². The number of Topliss-reactive ketones (excluding diaryl/α,β-unsaturated/α-hetero) is 1. The molecule has 2 aromatic carbocycles. The Labute approximate surface area is 113 Å². The first-order chi connectivity index (χ1) is 9.18. The van der Waals surface area contributed by atoms with Crippen molar-refractivity contribution in [3.05, 3.63) is 71.8 Å². The van der Waals surface area contributed by atoms with Crippen LogP contribution in [0.4, 0.5) is 0 Å². The molecule has 0 bridgehead atoms. The molecule has 2 aromatic rings. The molecule has 0 aliphatic carbocycles. The molecule has 98 valence electrons. The Morgan fingerprint density at radius 1 is 1.00 bits per heavy atom. The molecule has 2 rings (SSSR count). The van der Waals surface area contributed by atoms with Crippen LogP contribution in [0.15, 0.2) is 60.7 Å². The minimum absolute atomic E-state index is 0.393. The van der Waals surface area contributed by atoms with E-state index in [1.165, 1.54) is 0 Å². The molecule has 0 saturated heterocycles. The molecule has 0 fully saturated rings. The normalized spacial score (nSPS) is 13.7. The quantitative estimate of drug-likeness (QED) is 0.621. The lowest BCUT2D eigenvalue weighted by molar-refractivity contribution is 0.0796. The SMILES string of the molecule is O=C(c1ccccc1)C(OS(=O)[O-])c1ccccc1. The Balaban J connectivity index is 2.33. The van der Waals surface area contributed by atoms with Gasteiger partial charge in [-0.25, -0.2) is 4.21 Å². The Hall–Kier alpha value is -1.82. The van der Waals surface area contributed by atoms with Gasteiger partial charge in [0.15, 0.2) is 11.9 Å². The molecule has 0 heterocycles. The third-order valence-electron chi connectivity index (χ3n) is 2.57. The van der Waals surface area contributed by atoms with Gasteiger partial charge in [-0.1, -0.05) is 60.7 Å². The molecule has 5 heteroatoms. The van der Waals surface area contributed by atoms with Crippen LogP contribution in [-0.4, -0.2) is 14.5 Å². The van der Waals surface area contributed by atoms with E-state index in [-0.39, 0.29) is 0 Å². The van der Waals surface area contributed by atoms with E-state index in [0.29, 0.717) is 11.1 Å². The van der Waals surface area contributed by atoms with Crippen LogP contribution < -0.4 is 0 Å². The third kappa shape index (κ3) is 3.57. The fraction of sp³-hybridized carbons (Fsp3) is 0.0714. The van der Waals surface area contributed by atoms with Crippen molar-refractivity contribution in [3.63, 3.8) is 0 Å². The molecule has 4 nitrogen and oxygen atoms in total. The van der Waals surface area contributed by atoms with Crippen LogP contribution in [0, 0.1) is 0 Å². The largest absolute Gasteiger partial charge is 0.750 e. The van der Waals surface area contributed by atoms with Gasteiger partial charge in [0, 0.05) is 5.56 Å². The summed E-state index contributed by atoms with van der Waals surface area (Å²) in [6.07, 6.45) is -1.15. The van der Waals surface area contributed by atoms with Crippen molar-refractivity contribution in [1.29, 1.82) is 0 Å². The van der Waals surface area contributed by atoms with E-state index in [9.17, 15) is 13.6 Å². The van der Waals surface area contributed by atoms with Crippen LogP contribution in [0.25, 0.3) is 0 Å². The van der Waals surface area contributed by atoms with Crippen LogP contribution in [-0.2, 0) is 15.5 Å². The number of hydrogen-bond donors (Lipinski definition) is 0. The van der Waals surface area contributed by atoms with Gasteiger partial charge in [0.25, 0.3) is 0 Å². The fourth-order valence-corrected chi connectivity index (χ4v) is 2.07. The number of carbonyl (C=O) groups excluding carboxylic acids is 1. The second kappa shape index (κ2) is 6.38. The molecular weight excluding hydrogens is 264 g/mol. The summed E-state index contributed by atoms with van der Waals surface area (Å²) < 4.78 is 26.2. The second-order valence-electron chi connectivity index (χ2n) is 3.82. The zero-order chi connectivity index (χ0) is 13.7. The van der Waals surface area contributed by atoms with Crippen LogP contribution in [0.1, 0.15) is 22.0 Å². The number of carbonyl (C=O) groups is 1. The Kier molecular flexibility index (Phi) is 4.57. The van der Waals surface area contributed by atoms with E-state index in [4.69, 9.17) is 4.18 Å². The lowest BCUT2D eigenvalue weighted by Crippen LogP contribution is -2.17. The molecule has 2 atom stereocenters. The average Bonchev–Trinajstić information content (AvgIpc) is 2.46. The second-order valence-corrected chi connectivity index (χ2v) is 4.42. The Bertz CT molecular complexity index is 569. The molecule has 0 saturated carbocycles. The number of ketones is 1. The predicted molar refractivity (Wildman–Crippen MR) is 70.0 cm³/mol. The summed E-state index contributed by atoms with van der Waals surface area (Å²) in [7, 11) is 0. The smallest absolute Gasteiger partial charge is 0.197 e. The average molecular weight is 275 g/mol. The predicted octanol–water partition coefficient (Wildman–Crippen LogP) is 2.42. The lowest BCUT2D eigenvalue weighted by atomic mass is 10.0. The van der Waals surface area contributed by atoms with Gasteiger partial charge in [-0.15, -0.1) is 0 Å². The lowest BCUT2D eigenvalue weighted by Gasteiger charge is -2.17. The number of benzene rings is 2. The summed E-state index contributed by atoms with van der Waals surface area (Å²) in [6, 6.07) is 17.0. The van der Waals surface area contributed by atoms with E-state index in [1.807, 2.05) is 0 Å². The van der Waals surface area contributed by atoms with E-state index < -0.39 is 23.2 Å². The minimum Gasteiger partial charge on any atom is -0.750 e. The van der Waals surface area contributed by atoms with Crippen molar-refractivity contribution < 1.29 is 17.7 Å². The van der Waals surface area contributed by atoms with Gasteiger partial charge in [-0.2, -0.15) is 0 Å². The van der Waals surface area contributed by atoms with E-state index in [2.05, 4.69) is 0 Å². The zero-order valence-electron chi connectivity index (χ0n) is 9.89. The van der Waals surface area contributed by atoms with Crippen LogP contribution >= 0.6 is 0 Å². The third-order valence-corrected chi connectivity index (χ3v) is 2.92. The first-order valence-electron chi connectivity index (χ1n) is 5.59. The summed E-state index contributed by atoms with van der Waals surface area (Å²) in [5, 5.41) is 0. The minimum atomic E-state index is -2.76. The van der Waals surface area contributed by atoms with Crippen molar-refractivity contribution >= 4 is 17.1 Å². The van der Waals surface area contributed by atoms with Gasteiger partial charge < -0.3 is 4.55 Å². The van der Waals surface area contributed by atoms with Crippen molar-refractivity contribution in [2.45, 2.75) is 6.10 Å². The molecule has 0 N–H and O–H groups in total. The summed E-state index contributed by atoms with van der Waals surface area (Å²) in [5.74, 6) is -0.393. The fourth-order valence-electron chi connectivity index (χ4n) is 1.71. The van der Waals surface area contributed by atoms with Crippen LogP contribution in [0.2, 0.25) is 0 Å². The van der Waals surface area contributed by atoms with Crippen molar-refractivity contribution in [2.75, 3.05) is 0 Å². The highest BCUT2D eigenvalue weighted by Crippen LogP contribution is 2.23. The molecule has 19 heavy (non-hydrogen) atoms. The Morgan fingerprint density at radius 3 is 2.05 bits per heavy atom. The van der Waals surface area contributed by atoms with Gasteiger partial charge in [-0.3, -0.25) is 8.98 Å². The number of hydrogen-bond acceptors (Lipinski definition) is 4. The van der Waals surface area contributed by atoms with Crippen molar-refractivity contribution in [1.82, 2.24) is 0 Å². The van der Waals surface area contributed by atoms with Gasteiger partial charge in [0.05, 0.1) is 11.4 Å². The summed E-state index contributed by atoms with van der Waals surface area (Å²) in [5.41, 5.74) is 0.905. The first-order valence-corrected chi connectivity index (χ1v) is 6.59. The summed E-state index contributed by atoms with van der Waals surface area (Å²) in [4.78, 5) is 12.3. The highest BCUT2D eigenvalue weighted by molar-refractivity contribution is 7.74. The maximum atomic E-state index is 12.3. The number of rotatable bonds is 5. The van der Waals surface area contributed by atoms with Crippen LogP contribution in [0.3, 0.4) is 0 Å². The topological polar surface area (TPSA) is 66.4 Å². The monoisotopic (exact) mass is 275 g/mol. The highest BCUT2D eigenvalue weighted by Gasteiger charge is 2.23. The molecule has 2 unspecified atom stereocenters. The molecule has 0 aliphatic rings. The van der Waals surface area contributed by atoms with E-state index in [0.717, 1.165) is 0 Å². The first kappa shape index (κ1) is 13.6. The van der Waals surface area contributed by atoms with Crippen molar-refractivity contribution in [2.24, 2.45) is 0 Å². The maximum absolute atomic E-state index is 12.3. The summed E-state index contributed by atoms with van der Waals surface area (Å²) in [6.45, 7) is 0. The Morgan fingerprint density at radius 2 is 1.53 bits per heavy atom. The molecule has 0 spiro atoms. The van der Waals surface area contributed by atoms with Gasteiger partial charge in [0.1, 0.15) is 0 Å². The molecule has 0 radical (unpaired) electrons. The van der Waals surface area contributed by atoms with Crippen molar-refractivity contribution in [3.8, 4) is 0 Å². The van der Waals surface area contributed by atoms with E-state index in [1.54, 1.807) is 60.7 Å². The van der Waals surface area contributed by atoms with Crippen LogP contribution in [0.5, 0.6) is 0 Å². The summed E-state index contributed by atoms with van der Waals surface area (Å²) >= 11 is -2.76. The molecule has 0 aromatic heterocycles. The van der Waals surface area contributed by atoms with E-state index >= 15 is 0 Å². The molecule has 0 aliphatic heterocycles. The highest BCUT2D eigenvalue weighted by atomic mass is 32.2. The van der Waals surface area contributed by atoms with Gasteiger partial charge in [0.2, 0.25) is 0 Å². The molecular formula is C14H11O4S-.